The monoisotopic (exact) mass is 511 g/mol. The number of benzene rings is 2. The van der Waals surface area contributed by atoms with E-state index < -0.39 is 47.6 Å². The van der Waals surface area contributed by atoms with E-state index in [4.69, 9.17) is 4.74 Å². The van der Waals surface area contributed by atoms with Gasteiger partial charge in [-0.1, -0.05) is 36.4 Å². The van der Waals surface area contributed by atoms with Crippen LogP contribution in [-0.4, -0.2) is 43.3 Å². The third-order valence-corrected chi connectivity index (χ3v) is 4.20. The Morgan fingerprint density at radius 3 is 1.79 bits per heavy atom. The van der Waals surface area contributed by atoms with Gasteiger partial charge in [-0.2, -0.15) is 48.3 Å². The Balaban J connectivity index is 2.49. The van der Waals surface area contributed by atoms with E-state index in [0.717, 1.165) is 19.2 Å². The van der Waals surface area contributed by atoms with E-state index in [1.54, 1.807) is 18.2 Å². The smallest absolute Gasteiger partial charge is 0.462 e. The topological polar surface area (TPSA) is 47.6 Å². The first-order valence-electron chi connectivity index (χ1n) is 8.70. The predicted octanol–water partition coefficient (Wildman–Crippen LogP) is 6.34. The van der Waals surface area contributed by atoms with Gasteiger partial charge in [0.1, 0.15) is 5.75 Å². The number of carbonyl (C=O) groups excluding carboxylic acids is 1. The zero-order chi connectivity index (χ0) is 26.2. The van der Waals surface area contributed by atoms with Crippen molar-refractivity contribution in [2.45, 2.75) is 30.2 Å². The molecule has 0 saturated carbocycles. The molecule has 0 aliphatic carbocycles. The fourth-order valence-corrected chi connectivity index (χ4v) is 2.46. The summed E-state index contributed by atoms with van der Waals surface area (Å²) in [6.45, 7) is 0. The second-order valence-corrected chi connectivity index (χ2v) is 6.52. The van der Waals surface area contributed by atoms with Gasteiger partial charge in [0.15, 0.2) is 0 Å². The zero-order valence-corrected chi connectivity index (χ0v) is 16.5. The average Bonchev–Trinajstić information content (AvgIpc) is 2.72. The second-order valence-electron chi connectivity index (χ2n) is 6.52. The third kappa shape index (κ3) is 5.03. The van der Waals surface area contributed by atoms with Crippen LogP contribution < -0.4 is 10.1 Å². The maximum absolute atomic E-state index is 14.5. The number of alkyl halides is 11. The van der Waals surface area contributed by atoms with E-state index in [0.29, 0.717) is 5.56 Å². The van der Waals surface area contributed by atoms with Crippen molar-refractivity contribution in [2.24, 2.45) is 0 Å². The summed E-state index contributed by atoms with van der Waals surface area (Å²) in [5, 5.41) is 1.19. The highest BCUT2D eigenvalue weighted by Crippen LogP contribution is 2.51. The van der Waals surface area contributed by atoms with Gasteiger partial charge >= 0.3 is 30.2 Å². The maximum atomic E-state index is 14.5. The van der Waals surface area contributed by atoms with Gasteiger partial charge in [0.2, 0.25) is 0 Å². The summed E-state index contributed by atoms with van der Waals surface area (Å²) < 4.78 is 150. The lowest BCUT2D eigenvalue weighted by molar-refractivity contribution is -0.472. The Kier molecular flexibility index (Phi) is 7.13. The summed E-state index contributed by atoms with van der Waals surface area (Å²) in [5.41, 5.74) is -0.173. The molecule has 0 fully saturated rings. The van der Waals surface area contributed by atoms with Crippen LogP contribution in [0.1, 0.15) is 0 Å². The number of anilines is 1. The number of ether oxygens (including phenoxy) is 2. The minimum absolute atomic E-state index is 0.183. The van der Waals surface area contributed by atoms with E-state index in [2.05, 4.69) is 4.74 Å². The zero-order valence-electron chi connectivity index (χ0n) is 16.5. The minimum Gasteiger partial charge on any atom is -0.495 e. The van der Waals surface area contributed by atoms with E-state index in [-0.39, 0.29) is 5.56 Å². The van der Waals surface area contributed by atoms with Crippen LogP contribution in [0.4, 0.5) is 54.0 Å². The molecule has 1 atom stereocenters. The van der Waals surface area contributed by atoms with Crippen LogP contribution in [0.5, 0.6) is 5.75 Å². The number of halogens is 11. The highest BCUT2D eigenvalue weighted by molar-refractivity contribution is 5.98. The van der Waals surface area contributed by atoms with Gasteiger partial charge in [0.05, 0.1) is 12.8 Å². The molecule has 2 aromatic rings. The van der Waals surface area contributed by atoms with Gasteiger partial charge in [-0.15, -0.1) is 0 Å². The number of carbonyl (C=O) groups is 1. The molecule has 1 amide bonds. The lowest BCUT2D eigenvalue weighted by atomic mass is 10.0. The molecule has 34 heavy (non-hydrogen) atoms. The standard InChI is InChI=1S/C19H12F11NO3/c1-33-13-8-7-11(10-5-3-2-4-6-10)9-12(13)31-14(32)15(20,17(23,24)25)34-19(29,30)16(21,22)18(26,27)28/h2-9H,1H3,(H,31,32)/t15-/m1/s1. The summed E-state index contributed by atoms with van der Waals surface area (Å²) in [6, 6.07) is 11.0. The van der Waals surface area contributed by atoms with Gasteiger partial charge in [-0.25, -0.2) is 0 Å². The van der Waals surface area contributed by atoms with Crippen molar-refractivity contribution in [3.63, 3.8) is 0 Å². The summed E-state index contributed by atoms with van der Waals surface area (Å²) in [5.74, 6) is -17.2. The van der Waals surface area contributed by atoms with Crippen LogP contribution in [0.3, 0.4) is 0 Å². The van der Waals surface area contributed by atoms with Crippen LogP contribution in [0, 0.1) is 0 Å². The van der Waals surface area contributed by atoms with E-state index >= 15 is 0 Å². The fourth-order valence-electron chi connectivity index (χ4n) is 2.46. The second kappa shape index (κ2) is 8.92. The van der Waals surface area contributed by atoms with E-state index in [1.165, 1.54) is 23.5 Å². The first-order chi connectivity index (χ1) is 15.4. The molecule has 188 valence electrons. The van der Waals surface area contributed by atoms with Crippen LogP contribution in [-0.2, 0) is 9.53 Å². The van der Waals surface area contributed by atoms with Crippen LogP contribution in [0.15, 0.2) is 48.5 Å². The highest BCUT2D eigenvalue weighted by atomic mass is 19.4. The number of hydrogen-bond acceptors (Lipinski definition) is 3. The lowest BCUT2D eigenvalue weighted by Crippen LogP contribution is -2.62. The summed E-state index contributed by atoms with van der Waals surface area (Å²) in [7, 11) is 0.953. The molecule has 2 aromatic carbocycles. The lowest BCUT2D eigenvalue weighted by Gasteiger charge is -2.34. The first-order valence-corrected chi connectivity index (χ1v) is 8.70. The number of methoxy groups -OCH3 is 1. The van der Waals surface area contributed by atoms with Crippen molar-refractivity contribution in [2.75, 3.05) is 12.4 Å². The predicted molar refractivity (Wildman–Crippen MR) is 94.0 cm³/mol. The Hall–Kier alpha value is -3.10. The molecule has 0 saturated heterocycles. The van der Waals surface area contributed by atoms with Crippen LogP contribution >= 0.6 is 0 Å². The molecule has 2 rings (SSSR count). The Labute approximate surface area is 183 Å². The molecule has 15 heteroatoms. The highest BCUT2D eigenvalue weighted by Gasteiger charge is 2.79. The fraction of sp³-hybridized carbons (Fsp3) is 0.316. The van der Waals surface area contributed by atoms with Crippen LogP contribution in [0.2, 0.25) is 0 Å². The molecule has 0 aliphatic heterocycles. The van der Waals surface area contributed by atoms with Crippen molar-refractivity contribution >= 4 is 11.6 Å². The molecular formula is C19H12F11NO3. The molecule has 0 radical (unpaired) electrons. The minimum atomic E-state index is -7.28. The number of nitrogens with one attached hydrogen (secondary N) is 1. The molecule has 0 aromatic heterocycles. The normalized spacial score (nSPS) is 14.9. The first kappa shape index (κ1) is 27.1. The molecule has 0 bridgehead atoms. The molecule has 0 spiro atoms. The van der Waals surface area contributed by atoms with Crippen molar-refractivity contribution < 1.29 is 62.6 Å². The number of amides is 1. The van der Waals surface area contributed by atoms with Crippen molar-refractivity contribution in [3.05, 3.63) is 48.5 Å². The van der Waals surface area contributed by atoms with E-state index in [9.17, 15) is 53.1 Å². The van der Waals surface area contributed by atoms with Gasteiger partial charge in [-0.3, -0.25) is 9.53 Å². The molecular weight excluding hydrogens is 499 g/mol. The summed E-state index contributed by atoms with van der Waals surface area (Å²) in [4.78, 5) is 12.0. The van der Waals surface area contributed by atoms with E-state index in [1.807, 2.05) is 0 Å². The van der Waals surface area contributed by atoms with Gasteiger partial charge in [0, 0.05) is 0 Å². The van der Waals surface area contributed by atoms with Gasteiger partial charge in [0.25, 0.3) is 5.91 Å². The quantitative estimate of drug-likeness (QED) is 0.442. The Morgan fingerprint density at radius 1 is 0.765 bits per heavy atom. The Morgan fingerprint density at radius 2 is 1.32 bits per heavy atom. The number of rotatable bonds is 7. The molecule has 0 aliphatic rings. The largest absolute Gasteiger partial charge is 0.495 e. The van der Waals surface area contributed by atoms with Crippen LogP contribution in [0.25, 0.3) is 11.1 Å². The van der Waals surface area contributed by atoms with Gasteiger partial charge in [-0.05, 0) is 23.3 Å². The Bertz CT molecular complexity index is 1020. The van der Waals surface area contributed by atoms with Crippen molar-refractivity contribution in [3.8, 4) is 16.9 Å². The molecule has 0 heterocycles. The maximum Gasteiger partial charge on any atom is 0.462 e. The molecule has 0 unspecified atom stereocenters. The molecule has 1 N–H and O–H groups in total. The molecule has 4 nitrogen and oxygen atoms in total. The third-order valence-electron chi connectivity index (χ3n) is 4.20. The summed E-state index contributed by atoms with van der Waals surface area (Å²) in [6.07, 6.45) is -21.1. The van der Waals surface area contributed by atoms with Crippen molar-refractivity contribution in [1.29, 1.82) is 0 Å². The SMILES string of the molecule is COc1ccc(-c2ccccc2)cc1NC(=O)[C@@](F)(OC(F)(F)C(F)(F)C(F)(F)F)C(F)(F)F. The average molecular weight is 511 g/mol. The van der Waals surface area contributed by atoms with Crippen molar-refractivity contribution in [1.82, 2.24) is 0 Å². The summed E-state index contributed by atoms with van der Waals surface area (Å²) >= 11 is 0. The number of hydrogen-bond donors (Lipinski definition) is 1. The van der Waals surface area contributed by atoms with Gasteiger partial charge < -0.3 is 10.1 Å².